The molecule has 4 aliphatic rings. The van der Waals surface area contributed by atoms with Crippen LogP contribution in [0.15, 0.2) is 48.5 Å². The van der Waals surface area contributed by atoms with Gasteiger partial charge in [-0.05, 0) is 84.2 Å². The molecule has 1 unspecified atom stereocenters. The summed E-state index contributed by atoms with van der Waals surface area (Å²) in [5, 5.41) is 10.1. The molecule has 3 fully saturated rings. The maximum atomic E-state index is 12.3. The standard InChI is InChI=1S/C36H43N3O6/c1-23-6-4-7-29(31-8-5-9-33(37-31)39-17-27-16-36(27,35(40)41)32(39)22-43-3)34(23)45-19-24-14-25-10-12-38(28-11-13-44-21-28)18-30(25)26(15-24)20-42-2/h4-9,14-15,27-28,32H,10-13,16-22H2,1-3H3,(H,40,41)/t27-,28?,32+,36+/m0/s1. The van der Waals surface area contributed by atoms with E-state index in [2.05, 4.69) is 34.9 Å². The molecular weight excluding hydrogens is 570 g/mol. The van der Waals surface area contributed by atoms with Gasteiger partial charge in [-0.1, -0.05) is 24.3 Å². The fraction of sp³-hybridized carbons (Fsp3) is 0.500. The average Bonchev–Trinajstić information content (AvgIpc) is 3.36. The van der Waals surface area contributed by atoms with E-state index in [-0.39, 0.29) is 12.0 Å². The quantitative estimate of drug-likeness (QED) is 0.326. The summed E-state index contributed by atoms with van der Waals surface area (Å²) in [5.41, 5.74) is 7.13. The van der Waals surface area contributed by atoms with Crippen LogP contribution in [0.2, 0.25) is 0 Å². The van der Waals surface area contributed by atoms with Crippen LogP contribution >= 0.6 is 0 Å². The molecule has 4 atom stereocenters. The second-order valence-corrected chi connectivity index (χ2v) is 13.1. The monoisotopic (exact) mass is 613 g/mol. The lowest BCUT2D eigenvalue weighted by Crippen LogP contribution is -2.43. The van der Waals surface area contributed by atoms with Crippen LogP contribution in [0.5, 0.6) is 5.75 Å². The molecule has 238 valence electrons. The Kier molecular flexibility index (Phi) is 8.29. The minimum Gasteiger partial charge on any atom is -0.488 e. The summed E-state index contributed by atoms with van der Waals surface area (Å²) < 4.78 is 23.4. The van der Waals surface area contributed by atoms with E-state index in [4.69, 9.17) is 23.9 Å². The highest BCUT2D eigenvalue weighted by atomic mass is 16.5. The molecule has 0 bridgehead atoms. The van der Waals surface area contributed by atoms with Crippen molar-refractivity contribution in [1.29, 1.82) is 0 Å². The Morgan fingerprint density at radius 1 is 1.13 bits per heavy atom. The molecule has 9 nitrogen and oxygen atoms in total. The average molecular weight is 614 g/mol. The van der Waals surface area contributed by atoms with E-state index in [9.17, 15) is 9.90 Å². The van der Waals surface area contributed by atoms with Gasteiger partial charge in [0.25, 0.3) is 0 Å². The van der Waals surface area contributed by atoms with Gasteiger partial charge in [-0.3, -0.25) is 9.69 Å². The molecule has 3 aliphatic heterocycles. The van der Waals surface area contributed by atoms with Crippen molar-refractivity contribution in [2.24, 2.45) is 11.3 Å². The Morgan fingerprint density at radius 2 is 2.00 bits per heavy atom. The Bertz CT molecular complexity index is 1570. The number of pyridine rings is 1. The number of ether oxygens (including phenoxy) is 4. The van der Waals surface area contributed by atoms with E-state index in [1.165, 1.54) is 16.7 Å². The number of aromatic nitrogens is 1. The number of fused-ring (bicyclic) bond motifs is 2. The molecular formula is C36H43N3O6. The van der Waals surface area contributed by atoms with Crippen LogP contribution in [0.3, 0.4) is 0 Å². The van der Waals surface area contributed by atoms with Crippen LogP contribution in [-0.4, -0.2) is 80.2 Å². The molecule has 3 aromatic rings. The van der Waals surface area contributed by atoms with Crippen molar-refractivity contribution < 1.29 is 28.8 Å². The number of anilines is 1. The number of methoxy groups -OCH3 is 2. The Hall–Kier alpha value is -3.50. The van der Waals surface area contributed by atoms with E-state index in [1.54, 1.807) is 14.2 Å². The molecule has 7 rings (SSSR count). The normalized spacial score (nSPS) is 25.7. The van der Waals surface area contributed by atoms with Gasteiger partial charge in [0, 0.05) is 52.1 Å². The van der Waals surface area contributed by atoms with Crippen molar-refractivity contribution in [3.05, 3.63) is 76.3 Å². The number of piperidine rings is 1. The third kappa shape index (κ3) is 5.50. The molecule has 0 radical (unpaired) electrons. The first kappa shape index (κ1) is 30.2. The lowest BCUT2D eigenvalue weighted by Gasteiger charge is -2.34. The zero-order valence-corrected chi connectivity index (χ0v) is 26.5. The molecule has 1 aromatic heterocycles. The Labute approximate surface area is 265 Å². The maximum absolute atomic E-state index is 12.3. The van der Waals surface area contributed by atoms with Crippen molar-refractivity contribution >= 4 is 11.8 Å². The number of rotatable bonds is 11. The van der Waals surface area contributed by atoms with Crippen molar-refractivity contribution in [2.75, 3.05) is 52.0 Å². The van der Waals surface area contributed by atoms with Gasteiger partial charge in [-0.15, -0.1) is 0 Å². The van der Waals surface area contributed by atoms with Crippen LogP contribution < -0.4 is 9.64 Å². The van der Waals surface area contributed by atoms with Crippen molar-refractivity contribution in [1.82, 2.24) is 9.88 Å². The predicted octanol–water partition coefficient (Wildman–Crippen LogP) is 4.86. The third-order valence-electron chi connectivity index (χ3n) is 10.4. The minimum atomic E-state index is -0.745. The van der Waals surface area contributed by atoms with Gasteiger partial charge in [0.1, 0.15) is 18.2 Å². The Balaban J connectivity index is 1.13. The molecule has 0 amide bonds. The number of benzene rings is 2. The maximum Gasteiger partial charge on any atom is 0.312 e. The van der Waals surface area contributed by atoms with Gasteiger partial charge in [0.2, 0.25) is 0 Å². The molecule has 1 aliphatic carbocycles. The zero-order valence-electron chi connectivity index (χ0n) is 26.5. The second-order valence-electron chi connectivity index (χ2n) is 13.1. The topological polar surface area (TPSA) is 93.6 Å². The van der Waals surface area contributed by atoms with E-state index in [1.807, 2.05) is 30.3 Å². The summed E-state index contributed by atoms with van der Waals surface area (Å²) in [4.78, 5) is 22.0. The predicted molar refractivity (Wildman–Crippen MR) is 170 cm³/mol. The molecule has 9 heteroatoms. The fourth-order valence-corrected chi connectivity index (χ4v) is 7.95. The summed E-state index contributed by atoms with van der Waals surface area (Å²) >= 11 is 0. The highest BCUT2D eigenvalue weighted by Crippen LogP contribution is 2.62. The number of carboxylic acids is 1. The first-order valence-corrected chi connectivity index (χ1v) is 16.1. The number of hydrogen-bond donors (Lipinski definition) is 1. The van der Waals surface area contributed by atoms with Crippen LogP contribution in [0.25, 0.3) is 11.3 Å². The smallest absolute Gasteiger partial charge is 0.312 e. The first-order chi connectivity index (χ1) is 21.9. The molecule has 2 saturated heterocycles. The van der Waals surface area contributed by atoms with Crippen molar-refractivity contribution in [3.63, 3.8) is 0 Å². The molecule has 1 N–H and O–H groups in total. The van der Waals surface area contributed by atoms with Gasteiger partial charge in [0.05, 0.1) is 37.0 Å². The summed E-state index contributed by atoms with van der Waals surface area (Å²) in [7, 11) is 3.39. The highest BCUT2D eigenvalue weighted by molar-refractivity contribution is 5.82. The summed E-state index contributed by atoms with van der Waals surface area (Å²) in [5.74, 6) is 0.962. The largest absolute Gasteiger partial charge is 0.488 e. The number of aliphatic carboxylic acids is 1. The van der Waals surface area contributed by atoms with Gasteiger partial charge >= 0.3 is 5.97 Å². The second kappa shape index (κ2) is 12.4. The first-order valence-electron chi connectivity index (χ1n) is 16.1. The number of para-hydroxylation sites is 1. The Morgan fingerprint density at radius 3 is 2.78 bits per heavy atom. The zero-order chi connectivity index (χ0) is 31.1. The number of aryl methyl sites for hydroxylation is 1. The molecule has 1 saturated carbocycles. The van der Waals surface area contributed by atoms with Crippen molar-refractivity contribution in [2.45, 2.75) is 58.0 Å². The van der Waals surface area contributed by atoms with Gasteiger partial charge in [-0.25, -0.2) is 4.98 Å². The van der Waals surface area contributed by atoms with Crippen LogP contribution in [0, 0.1) is 18.3 Å². The SMILES string of the molecule is COCc1cc(COc2c(C)cccc2-c2cccc(N3C[C@@H]4C[C@]4(C(=O)O)[C@H]3COC)n2)cc2c1CN(C1CCOC1)CC2. The summed E-state index contributed by atoms with van der Waals surface area (Å²) in [6, 6.07) is 16.9. The van der Waals surface area contributed by atoms with E-state index < -0.39 is 11.4 Å². The third-order valence-corrected chi connectivity index (χ3v) is 10.4. The number of carboxylic acid groups (broad SMARTS) is 1. The van der Waals surface area contributed by atoms with Gasteiger partial charge in [-0.2, -0.15) is 0 Å². The highest BCUT2D eigenvalue weighted by Gasteiger charge is 2.71. The molecule has 45 heavy (non-hydrogen) atoms. The van der Waals surface area contributed by atoms with E-state index in [0.717, 1.165) is 73.1 Å². The van der Waals surface area contributed by atoms with Crippen molar-refractivity contribution in [3.8, 4) is 17.0 Å². The molecule has 2 aromatic carbocycles. The lowest BCUT2D eigenvalue weighted by molar-refractivity contribution is -0.144. The van der Waals surface area contributed by atoms with E-state index >= 15 is 0 Å². The fourth-order valence-electron chi connectivity index (χ4n) is 7.95. The number of hydrogen-bond acceptors (Lipinski definition) is 8. The number of nitrogens with zero attached hydrogens (tertiary/aromatic N) is 3. The van der Waals surface area contributed by atoms with Crippen LogP contribution in [0.1, 0.15) is 40.7 Å². The molecule has 0 spiro atoms. The summed E-state index contributed by atoms with van der Waals surface area (Å²) in [6.07, 6.45) is 2.81. The van der Waals surface area contributed by atoms with Crippen LogP contribution in [0.4, 0.5) is 5.82 Å². The lowest BCUT2D eigenvalue weighted by atomic mass is 9.91. The minimum absolute atomic E-state index is 0.123. The van der Waals surface area contributed by atoms with E-state index in [0.29, 0.717) is 38.8 Å². The van der Waals surface area contributed by atoms with Crippen LogP contribution in [-0.2, 0) is 45.2 Å². The summed E-state index contributed by atoms with van der Waals surface area (Å²) in [6.45, 7) is 7.75. The number of carbonyl (C=O) groups is 1. The van der Waals surface area contributed by atoms with Gasteiger partial charge in [0.15, 0.2) is 0 Å². The molecule has 4 heterocycles. The van der Waals surface area contributed by atoms with Gasteiger partial charge < -0.3 is 29.0 Å².